The zero-order valence-corrected chi connectivity index (χ0v) is 14.0. The number of hydrogen-bond acceptors (Lipinski definition) is 4. The average molecular weight is 305 g/mol. The Morgan fingerprint density at radius 1 is 0.905 bits per heavy atom. The van der Waals surface area contributed by atoms with Crippen molar-refractivity contribution in [2.45, 2.75) is 84.3 Å². The molecule has 0 heterocycles. The van der Waals surface area contributed by atoms with Gasteiger partial charge in [-0.3, -0.25) is 4.79 Å². The van der Waals surface area contributed by atoms with E-state index in [0.717, 1.165) is 12.8 Å². The van der Waals surface area contributed by atoms with Crippen LogP contribution in [-0.4, -0.2) is 46.6 Å². The first kappa shape index (κ1) is 22.6. The second-order valence-electron chi connectivity index (χ2n) is 5.62. The van der Waals surface area contributed by atoms with Gasteiger partial charge in [0.15, 0.2) is 0 Å². The third-order valence-electron chi connectivity index (χ3n) is 2.87. The molecule has 2 unspecified atom stereocenters. The fraction of sp³-hybridized carbons (Fsp3) is 0.938. The Balaban J connectivity index is 0. The summed E-state index contributed by atoms with van der Waals surface area (Å²) in [7, 11) is 0. The maximum absolute atomic E-state index is 10.1. The molecule has 0 amide bonds. The van der Waals surface area contributed by atoms with E-state index in [-0.39, 0.29) is 12.2 Å². The van der Waals surface area contributed by atoms with Crippen molar-refractivity contribution in [3.63, 3.8) is 0 Å². The normalized spacial score (nSPS) is 13.2. The first-order chi connectivity index (χ1) is 9.90. The predicted octanol–water partition coefficient (Wildman–Crippen LogP) is 2.55. The Hall–Kier alpha value is -0.650. The summed E-state index contributed by atoms with van der Waals surface area (Å²) in [6.07, 6.45) is 7.98. The van der Waals surface area contributed by atoms with E-state index in [1.54, 1.807) is 13.8 Å². The number of aliphatic hydroxyl groups is 2. The Kier molecular flexibility index (Phi) is 18.8. The fourth-order valence-electron chi connectivity index (χ4n) is 1.73. The molecular weight excluding hydrogens is 270 g/mol. The Labute approximate surface area is 129 Å². The van der Waals surface area contributed by atoms with Crippen LogP contribution in [0.25, 0.3) is 0 Å². The van der Waals surface area contributed by atoms with Crippen molar-refractivity contribution < 1.29 is 20.1 Å². The van der Waals surface area contributed by atoms with Gasteiger partial charge in [-0.25, -0.2) is 0 Å². The van der Waals surface area contributed by atoms with E-state index >= 15 is 0 Å². The molecule has 5 heteroatoms. The van der Waals surface area contributed by atoms with E-state index in [2.05, 4.69) is 12.2 Å². The second-order valence-corrected chi connectivity index (χ2v) is 5.62. The van der Waals surface area contributed by atoms with Gasteiger partial charge in [0.25, 0.3) is 0 Å². The largest absolute Gasteiger partial charge is 0.481 e. The number of carbonyl (C=O) groups is 1. The van der Waals surface area contributed by atoms with Crippen LogP contribution in [0.1, 0.15) is 72.1 Å². The molecule has 0 saturated carbocycles. The Bertz CT molecular complexity index is 212. The number of aliphatic carboxylic acids is 1. The van der Waals surface area contributed by atoms with E-state index in [1.807, 2.05) is 0 Å². The van der Waals surface area contributed by atoms with Crippen LogP contribution in [0, 0.1) is 0 Å². The van der Waals surface area contributed by atoms with Gasteiger partial charge in [0.2, 0.25) is 0 Å². The molecule has 0 rings (SSSR count). The summed E-state index contributed by atoms with van der Waals surface area (Å²) >= 11 is 0. The number of aliphatic hydroxyl groups excluding tert-OH is 2. The summed E-state index contributed by atoms with van der Waals surface area (Å²) in [4.78, 5) is 10.1. The maximum Gasteiger partial charge on any atom is 0.303 e. The molecule has 0 bridgehead atoms. The minimum atomic E-state index is -0.663. The first-order valence-electron chi connectivity index (χ1n) is 8.18. The minimum Gasteiger partial charge on any atom is -0.481 e. The molecule has 0 spiro atoms. The van der Waals surface area contributed by atoms with Crippen LogP contribution in [0.4, 0.5) is 0 Å². The second kappa shape index (κ2) is 17.4. The average Bonchev–Trinajstić information content (AvgIpc) is 2.37. The van der Waals surface area contributed by atoms with E-state index in [1.165, 1.54) is 32.1 Å². The summed E-state index contributed by atoms with van der Waals surface area (Å²) in [5, 5.41) is 28.7. The number of nitrogens with one attached hydrogen (secondary N) is 1. The molecule has 21 heavy (non-hydrogen) atoms. The highest BCUT2D eigenvalue weighted by Gasteiger charge is 1.96. The van der Waals surface area contributed by atoms with Crippen molar-refractivity contribution in [1.29, 1.82) is 0 Å². The smallest absolute Gasteiger partial charge is 0.303 e. The lowest BCUT2D eigenvalue weighted by Crippen LogP contribution is -2.30. The van der Waals surface area contributed by atoms with Gasteiger partial charge in [-0.05, 0) is 20.3 Å². The molecule has 0 fully saturated rings. The highest BCUT2D eigenvalue weighted by molar-refractivity contribution is 5.66. The number of unbranched alkanes of at least 4 members (excludes halogenated alkanes) is 6. The Morgan fingerprint density at radius 3 is 1.71 bits per heavy atom. The standard InChI is InChI=1S/C10H20O2.C6H15NO2/c1-2-3-4-5-6-7-8-9-10(11)12;1-5(8)3-7-4-6(2)9/h2-9H2,1H3,(H,11,12);5-9H,3-4H2,1-2H3. The van der Waals surface area contributed by atoms with Crippen LogP contribution < -0.4 is 5.32 Å². The zero-order chi connectivity index (χ0) is 16.5. The van der Waals surface area contributed by atoms with Crippen molar-refractivity contribution in [2.75, 3.05) is 13.1 Å². The summed E-state index contributed by atoms with van der Waals surface area (Å²) in [6.45, 7) is 6.70. The maximum atomic E-state index is 10.1. The number of rotatable bonds is 12. The van der Waals surface area contributed by atoms with Crippen LogP contribution in [-0.2, 0) is 4.79 Å². The molecule has 2 atom stereocenters. The SMILES string of the molecule is CC(O)CNCC(C)O.CCCCCCCCCC(=O)O. The van der Waals surface area contributed by atoms with Crippen LogP contribution in [0.2, 0.25) is 0 Å². The number of hydrogen-bond donors (Lipinski definition) is 4. The molecular formula is C16H35NO4. The fourth-order valence-corrected chi connectivity index (χ4v) is 1.73. The van der Waals surface area contributed by atoms with Crippen LogP contribution >= 0.6 is 0 Å². The molecule has 0 aromatic rings. The number of carboxylic acid groups (broad SMARTS) is 1. The van der Waals surface area contributed by atoms with Crippen LogP contribution in [0.3, 0.4) is 0 Å². The van der Waals surface area contributed by atoms with Crippen molar-refractivity contribution in [2.24, 2.45) is 0 Å². The quantitative estimate of drug-likeness (QED) is 0.416. The van der Waals surface area contributed by atoms with Crippen LogP contribution in [0.15, 0.2) is 0 Å². The summed E-state index contributed by atoms with van der Waals surface area (Å²) in [5.74, 6) is -0.663. The van der Waals surface area contributed by atoms with Crippen molar-refractivity contribution >= 4 is 5.97 Å². The lowest BCUT2D eigenvalue weighted by Gasteiger charge is -2.07. The molecule has 0 saturated heterocycles. The molecule has 128 valence electrons. The molecule has 4 N–H and O–H groups in total. The van der Waals surface area contributed by atoms with Crippen molar-refractivity contribution in [1.82, 2.24) is 5.32 Å². The molecule has 0 aromatic heterocycles. The zero-order valence-electron chi connectivity index (χ0n) is 14.0. The molecule has 0 radical (unpaired) electrons. The molecule has 5 nitrogen and oxygen atoms in total. The van der Waals surface area contributed by atoms with Gasteiger partial charge in [0, 0.05) is 19.5 Å². The third kappa shape index (κ3) is 28.3. The molecule has 0 aliphatic rings. The number of carboxylic acids is 1. The van der Waals surface area contributed by atoms with E-state index < -0.39 is 5.97 Å². The summed E-state index contributed by atoms with van der Waals surface area (Å²) in [5.41, 5.74) is 0. The van der Waals surface area contributed by atoms with E-state index in [0.29, 0.717) is 19.5 Å². The van der Waals surface area contributed by atoms with Crippen LogP contribution in [0.5, 0.6) is 0 Å². The van der Waals surface area contributed by atoms with E-state index in [4.69, 9.17) is 15.3 Å². The lowest BCUT2D eigenvalue weighted by molar-refractivity contribution is -0.137. The Morgan fingerprint density at radius 2 is 1.33 bits per heavy atom. The third-order valence-corrected chi connectivity index (χ3v) is 2.87. The predicted molar refractivity (Wildman–Crippen MR) is 86.5 cm³/mol. The molecule has 0 aliphatic carbocycles. The molecule has 0 aliphatic heterocycles. The topological polar surface area (TPSA) is 89.8 Å². The van der Waals surface area contributed by atoms with Gasteiger partial charge in [-0.2, -0.15) is 0 Å². The van der Waals surface area contributed by atoms with E-state index in [9.17, 15) is 4.79 Å². The molecule has 0 aromatic carbocycles. The highest BCUT2D eigenvalue weighted by atomic mass is 16.4. The van der Waals surface area contributed by atoms with Gasteiger partial charge in [0.1, 0.15) is 0 Å². The van der Waals surface area contributed by atoms with Gasteiger partial charge < -0.3 is 20.6 Å². The summed E-state index contributed by atoms with van der Waals surface area (Å²) < 4.78 is 0. The van der Waals surface area contributed by atoms with Crippen molar-refractivity contribution in [3.8, 4) is 0 Å². The summed E-state index contributed by atoms with van der Waals surface area (Å²) in [6, 6.07) is 0. The first-order valence-corrected chi connectivity index (χ1v) is 8.18. The van der Waals surface area contributed by atoms with Gasteiger partial charge >= 0.3 is 5.97 Å². The van der Waals surface area contributed by atoms with Gasteiger partial charge in [-0.15, -0.1) is 0 Å². The minimum absolute atomic E-state index is 0.330. The monoisotopic (exact) mass is 305 g/mol. The van der Waals surface area contributed by atoms with Crippen molar-refractivity contribution in [3.05, 3.63) is 0 Å². The lowest BCUT2D eigenvalue weighted by atomic mass is 10.1. The highest BCUT2D eigenvalue weighted by Crippen LogP contribution is 2.07. The van der Waals surface area contributed by atoms with Gasteiger partial charge in [-0.1, -0.05) is 45.4 Å². The van der Waals surface area contributed by atoms with Gasteiger partial charge in [0.05, 0.1) is 12.2 Å².